The van der Waals surface area contributed by atoms with E-state index >= 15 is 0 Å². The molecule has 0 aromatic carbocycles. The van der Waals surface area contributed by atoms with Gasteiger partial charge in [-0.1, -0.05) is 0 Å². The first kappa shape index (κ1) is 6.95. The number of hydrogen-bond acceptors (Lipinski definition) is 4. The van der Waals surface area contributed by atoms with Crippen LogP contribution in [-0.4, -0.2) is 23.1 Å². The second kappa shape index (κ2) is 3.79. The van der Waals surface area contributed by atoms with Gasteiger partial charge in [0.1, 0.15) is 12.1 Å². The number of rotatable bonds is 3. The van der Waals surface area contributed by atoms with Gasteiger partial charge in [0.05, 0.1) is 0 Å². The smallest absolute Gasteiger partial charge is 0.129 e. The number of nitrogens with zero attached hydrogens (tertiary/aromatic N) is 2. The van der Waals surface area contributed by atoms with E-state index in [0.29, 0.717) is 6.54 Å². The number of aromatic nitrogens is 2. The molecule has 0 radical (unpaired) electrons. The molecule has 0 aliphatic carbocycles. The molecule has 0 aliphatic rings. The Morgan fingerprint density at radius 2 is 2.50 bits per heavy atom. The molecule has 1 rings (SSSR count). The predicted octanol–water partition coefficient (Wildman–Crippen LogP) is -0.153. The molecule has 0 amide bonds. The summed E-state index contributed by atoms with van der Waals surface area (Å²) in [4.78, 5) is 7.71. The maximum absolute atomic E-state index is 5.27. The number of hydrogen-bond donors (Lipinski definition) is 2. The third-order valence-electron chi connectivity index (χ3n) is 1.03. The lowest BCUT2D eigenvalue weighted by molar-refractivity contribution is 1.00. The standard InChI is InChI=1S/C6H10N4/c7-2-4-9-6-1-3-8-5-10-6/h1,3,5H,2,4,7H2,(H,8,9,10). The first-order valence-corrected chi connectivity index (χ1v) is 3.13. The van der Waals surface area contributed by atoms with Gasteiger partial charge >= 0.3 is 0 Å². The van der Waals surface area contributed by atoms with Gasteiger partial charge in [0.25, 0.3) is 0 Å². The molecule has 0 unspecified atom stereocenters. The second-order valence-corrected chi connectivity index (χ2v) is 1.81. The summed E-state index contributed by atoms with van der Waals surface area (Å²) < 4.78 is 0. The van der Waals surface area contributed by atoms with Crippen molar-refractivity contribution < 1.29 is 0 Å². The van der Waals surface area contributed by atoms with E-state index < -0.39 is 0 Å². The summed E-state index contributed by atoms with van der Waals surface area (Å²) in [5, 5.41) is 3.02. The van der Waals surface area contributed by atoms with Crippen molar-refractivity contribution in [1.29, 1.82) is 0 Å². The van der Waals surface area contributed by atoms with E-state index in [9.17, 15) is 0 Å². The van der Waals surface area contributed by atoms with Crippen molar-refractivity contribution in [2.24, 2.45) is 5.73 Å². The van der Waals surface area contributed by atoms with Gasteiger partial charge in [0, 0.05) is 19.3 Å². The van der Waals surface area contributed by atoms with Crippen molar-refractivity contribution in [1.82, 2.24) is 9.97 Å². The van der Waals surface area contributed by atoms with Gasteiger partial charge in [-0.05, 0) is 6.07 Å². The second-order valence-electron chi connectivity index (χ2n) is 1.81. The molecule has 4 heteroatoms. The summed E-state index contributed by atoms with van der Waals surface area (Å²) in [6.45, 7) is 1.36. The van der Waals surface area contributed by atoms with E-state index in [-0.39, 0.29) is 0 Å². The van der Waals surface area contributed by atoms with Crippen LogP contribution in [0.15, 0.2) is 18.6 Å². The molecule has 0 aliphatic heterocycles. The highest BCUT2D eigenvalue weighted by Crippen LogP contribution is 1.95. The molecule has 0 spiro atoms. The molecule has 3 N–H and O–H groups in total. The molecule has 10 heavy (non-hydrogen) atoms. The molecule has 1 aromatic rings. The van der Waals surface area contributed by atoms with Gasteiger partial charge in [-0.15, -0.1) is 0 Å². The topological polar surface area (TPSA) is 63.8 Å². The summed E-state index contributed by atoms with van der Waals surface area (Å²) in [5.74, 6) is 0.820. The van der Waals surface area contributed by atoms with Crippen LogP contribution in [0.25, 0.3) is 0 Å². The number of nitrogens with two attached hydrogens (primary N) is 1. The van der Waals surface area contributed by atoms with E-state index in [1.807, 2.05) is 0 Å². The summed E-state index contributed by atoms with van der Waals surface area (Å²) in [7, 11) is 0. The monoisotopic (exact) mass is 138 g/mol. The van der Waals surface area contributed by atoms with Gasteiger partial charge in [0.15, 0.2) is 0 Å². The number of nitrogens with one attached hydrogen (secondary N) is 1. The Morgan fingerprint density at radius 3 is 3.10 bits per heavy atom. The van der Waals surface area contributed by atoms with Crippen LogP contribution < -0.4 is 11.1 Å². The lowest BCUT2D eigenvalue weighted by Crippen LogP contribution is -2.13. The van der Waals surface area contributed by atoms with Crippen LogP contribution in [0.1, 0.15) is 0 Å². The maximum atomic E-state index is 5.27. The highest BCUT2D eigenvalue weighted by molar-refractivity contribution is 5.31. The number of anilines is 1. The van der Waals surface area contributed by atoms with E-state index in [4.69, 9.17) is 5.73 Å². The van der Waals surface area contributed by atoms with Crippen molar-refractivity contribution in [3.63, 3.8) is 0 Å². The fourth-order valence-electron chi connectivity index (χ4n) is 0.596. The third kappa shape index (κ3) is 1.99. The highest BCUT2D eigenvalue weighted by Gasteiger charge is 1.86. The molecule has 0 atom stereocenters. The van der Waals surface area contributed by atoms with E-state index in [2.05, 4.69) is 15.3 Å². The highest BCUT2D eigenvalue weighted by atomic mass is 15.0. The first-order chi connectivity index (χ1) is 4.93. The average molecular weight is 138 g/mol. The Kier molecular flexibility index (Phi) is 2.63. The minimum absolute atomic E-state index is 0.615. The summed E-state index contributed by atoms with van der Waals surface area (Å²) in [6, 6.07) is 1.80. The van der Waals surface area contributed by atoms with Crippen molar-refractivity contribution in [2.75, 3.05) is 18.4 Å². The molecule has 4 nitrogen and oxygen atoms in total. The van der Waals surface area contributed by atoms with Crippen LogP contribution in [0.4, 0.5) is 5.82 Å². The maximum Gasteiger partial charge on any atom is 0.129 e. The van der Waals surface area contributed by atoms with Gasteiger partial charge in [-0.2, -0.15) is 0 Å². The Bertz CT molecular complexity index is 174. The first-order valence-electron chi connectivity index (χ1n) is 3.13. The molecule has 0 saturated carbocycles. The quantitative estimate of drug-likeness (QED) is 0.609. The summed E-state index contributed by atoms with van der Waals surface area (Å²) >= 11 is 0. The molecule has 0 saturated heterocycles. The van der Waals surface area contributed by atoms with Crippen LogP contribution in [0.3, 0.4) is 0 Å². The van der Waals surface area contributed by atoms with Crippen LogP contribution in [0.5, 0.6) is 0 Å². The predicted molar refractivity (Wildman–Crippen MR) is 39.6 cm³/mol. The molecule has 1 heterocycles. The van der Waals surface area contributed by atoms with Gasteiger partial charge in [-0.25, -0.2) is 9.97 Å². The molecule has 54 valence electrons. The van der Waals surface area contributed by atoms with Crippen molar-refractivity contribution in [3.8, 4) is 0 Å². The zero-order valence-electron chi connectivity index (χ0n) is 5.62. The molecule has 0 fully saturated rings. The molecule has 0 bridgehead atoms. The van der Waals surface area contributed by atoms with Crippen LogP contribution >= 0.6 is 0 Å². The lowest BCUT2D eigenvalue weighted by atomic mass is 10.5. The lowest BCUT2D eigenvalue weighted by Gasteiger charge is -2.00. The third-order valence-corrected chi connectivity index (χ3v) is 1.03. The fourth-order valence-corrected chi connectivity index (χ4v) is 0.596. The SMILES string of the molecule is NCCNc1ccncn1. The summed E-state index contributed by atoms with van der Waals surface area (Å²) in [5.41, 5.74) is 5.27. The Labute approximate surface area is 59.5 Å². The Morgan fingerprint density at radius 1 is 1.60 bits per heavy atom. The van der Waals surface area contributed by atoms with E-state index in [1.165, 1.54) is 6.33 Å². The largest absolute Gasteiger partial charge is 0.369 e. The normalized spacial score (nSPS) is 9.30. The van der Waals surface area contributed by atoms with Crippen LogP contribution in [-0.2, 0) is 0 Å². The van der Waals surface area contributed by atoms with Crippen molar-refractivity contribution in [3.05, 3.63) is 18.6 Å². The Hall–Kier alpha value is -1.16. The van der Waals surface area contributed by atoms with Crippen LogP contribution in [0.2, 0.25) is 0 Å². The molecule has 1 aromatic heterocycles. The summed E-state index contributed by atoms with van der Waals surface area (Å²) in [6.07, 6.45) is 3.19. The average Bonchev–Trinajstić information content (AvgIpc) is 2.03. The molecular formula is C6H10N4. The van der Waals surface area contributed by atoms with Gasteiger partial charge in [-0.3, -0.25) is 0 Å². The van der Waals surface area contributed by atoms with Crippen molar-refractivity contribution >= 4 is 5.82 Å². The van der Waals surface area contributed by atoms with E-state index in [1.54, 1.807) is 12.3 Å². The Balaban J connectivity index is 2.43. The fraction of sp³-hybridized carbons (Fsp3) is 0.333. The van der Waals surface area contributed by atoms with E-state index in [0.717, 1.165) is 12.4 Å². The minimum Gasteiger partial charge on any atom is -0.369 e. The van der Waals surface area contributed by atoms with Crippen LogP contribution in [0, 0.1) is 0 Å². The van der Waals surface area contributed by atoms with Gasteiger partial charge < -0.3 is 11.1 Å². The zero-order valence-corrected chi connectivity index (χ0v) is 5.62. The minimum atomic E-state index is 0.615. The molecular weight excluding hydrogens is 128 g/mol. The van der Waals surface area contributed by atoms with Gasteiger partial charge in [0.2, 0.25) is 0 Å². The van der Waals surface area contributed by atoms with Crippen molar-refractivity contribution in [2.45, 2.75) is 0 Å². The zero-order chi connectivity index (χ0) is 7.23.